The van der Waals surface area contributed by atoms with E-state index in [4.69, 9.17) is 0 Å². The molecule has 0 aliphatic heterocycles. The van der Waals surface area contributed by atoms with Gasteiger partial charge in [-0.05, 0) is 18.3 Å². The summed E-state index contributed by atoms with van der Waals surface area (Å²) in [5, 5.41) is 9.26. The highest BCUT2D eigenvalue weighted by atomic mass is 16.4. The van der Waals surface area contributed by atoms with Crippen LogP contribution in [0.15, 0.2) is 12.4 Å². The molecule has 0 bridgehead atoms. The second kappa shape index (κ2) is 4.58. The maximum absolute atomic E-state index is 12.8. The van der Waals surface area contributed by atoms with Crippen LogP contribution >= 0.6 is 0 Å². The number of carbonyl (C=O) groups is 2. The molecule has 2 atom stereocenters. The van der Waals surface area contributed by atoms with Crippen molar-refractivity contribution in [2.45, 2.75) is 39.3 Å². The zero-order chi connectivity index (χ0) is 15.4. The molecule has 1 heterocycles. The Morgan fingerprint density at radius 2 is 2.10 bits per heavy atom. The quantitative estimate of drug-likeness (QED) is 0.886. The van der Waals surface area contributed by atoms with Gasteiger partial charge in [-0.25, -0.2) is 4.98 Å². The summed E-state index contributed by atoms with van der Waals surface area (Å²) < 4.78 is 1.90. The van der Waals surface area contributed by atoms with Gasteiger partial charge in [0.2, 0.25) is 5.91 Å². The average molecular weight is 291 g/mol. The van der Waals surface area contributed by atoms with Crippen LogP contribution in [0.3, 0.4) is 0 Å². The number of carbonyl (C=O) groups excluding carboxylic acids is 1. The lowest BCUT2D eigenvalue weighted by Crippen LogP contribution is -2.36. The van der Waals surface area contributed by atoms with Crippen molar-refractivity contribution in [1.82, 2.24) is 14.5 Å². The van der Waals surface area contributed by atoms with E-state index in [-0.39, 0.29) is 11.9 Å². The Kier molecular flexibility index (Phi) is 3.07. The number of aromatic nitrogens is 2. The Labute approximate surface area is 123 Å². The van der Waals surface area contributed by atoms with Gasteiger partial charge >= 0.3 is 5.97 Å². The number of rotatable bonds is 5. The molecule has 2 aliphatic rings. The Bertz CT molecular complexity index is 589. The molecule has 1 amide bonds. The third-order valence-electron chi connectivity index (χ3n) is 4.86. The number of imidazole rings is 1. The normalized spacial score (nSPS) is 26.4. The van der Waals surface area contributed by atoms with Crippen LogP contribution in [0.5, 0.6) is 0 Å². The van der Waals surface area contributed by atoms with Gasteiger partial charge in [0.05, 0.1) is 18.4 Å². The second-order valence-corrected chi connectivity index (χ2v) is 6.77. The smallest absolute Gasteiger partial charge is 0.307 e. The number of nitrogens with zero attached hydrogens (tertiary/aromatic N) is 3. The predicted molar refractivity (Wildman–Crippen MR) is 75.2 cm³/mol. The lowest BCUT2D eigenvalue weighted by Gasteiger charge is -2.23. The van der Waals surface area contributed by atoms with Crippen molar-refractivity contribution in [1.29, 1.82) is 0 Å². The Hall–Kier alpha value is -1.85. The summed E-state index contributed by atoms with van der Waals surface area (Å²) in [5.74, 6) is -1.03. The molecule has 21 heavy (non-hydrogen) atoms. The Balaban J connectivity index is 1.78. The zero-order valence-electron chi connectivity index (χ0n) is 12.6. The van der Waals surface area contributed by atoms with Crippen molar-refractivity contribution in [2.75, 3.05) is 0 Å². The minimum atomic E-state index is -0.869. The van der Waals surface area contributed by atoms with Crippen LogP contribution in [-0.4, -0.2) is 37.5 Å². The van der Waals surface area contributed by atoms with Gasteiger partial charge in [0, 0.05) is 25.5 Å². The van der Waals surface area contributed by atoms with Gasteiger partial charge in [-0.2, -0.15) is 0 Å². The molecule has 2 saturated carbocycles. The molecule has 6 heteroatoms. The second-order valence-electron chi connectivity index (χ2n) is 6.77. The van der Waals surface area contributed by atoms with E-state index in [2.05, 4.69) is 4.98 Å². The molecule has 0 radical (unpaired) electrons. The molecule has 2 fully saturated rings. The first-order chi connectivity index (χ1) is 9.84. The first-order valence-electron chi connectivity index (χ1n) is 7.33. The number of carboxylic acids is 1. The molecular formula is C15H21N3O3. The van der Waals surface area contributed by atoms with Crippen LogP contribution in [0.1, 0.15) is 32.5 Å². The molecule has 3 rings (SSSR count). The molecule has 2 unspecified atom stereocenters. The van der Waals surface area contributed by atoms with E-state index in [9.17, 15) is 14.7 Å². The number of hydrogen-bond donors (Lipinski definition) is 1. The van der Waals surface area contributed by atoms with Crippen LogP contribution < -0.4 is 0 Å². The Morgan fingerprint density at radius 3 is 2.52 bits per heavy atom. The average Bonchev–Trinajstić information content (AvgIpc) is 3.27. The maximum atomic E-state index is 12.8. The summed E-state index contributed by atoms with van der Waals surface area (Å²) in [7, 11) is 1.90. The monoisotopic (exact) mass is 291 g/mol. The van der Waals surface area contributed by atoms with Gasteiger partial charge in [0.15, 0.2) is 0 Å². The molecule has 1 aromatic rings. The summed E-state index contributed by atoms with van der Waals surface area (Å²) in [6, 6.07) is 0.250. The predicted octanol–water partition coefficient (Wildman–Crippen LogP) is 1.27. The number of aliphatic carboxylic acids is 1. The molecule has 0 aromatic carbocycles. The highest BCUT2D eigenvalue weighted by Crippen LogP contribution is 2.59. The van der Waals surface area contributed by atoms with Crippen molar-refractivity contribution in [3.63, 3.8) is 0 Å². The van der Waals surface area contributed by atoms with E-state index < -0.39 is 23.2 Å². The summed E-state index contributed by atoms with van der Waals surface area (Å²) in [6.07, 6.45) is 5.57. The fourth-order valence-electron chi connectivity index (χ4n) is 3.21. The van der Waals surface area contributed by atoms with E-state index >= 15 is 0 Å². The number of aryl methyl sites for hydroxylation is 1. The molecule has 6 nitrogen and oxygen atoms in total. The molecule has 114 valence electrons. The SMILES string of the molecule is Cn1ccnc1CN(C(=O)C1C(C(=O)O)C1(C)C)C1CC1. The van der Waals surface area contributed by atoms with Gasteiger partial charge in [-0.15, -0.1) is 0 Å². The van der Waals surface area contributed by atoms with Crippen LogP contribution in [-0.2, 0) is 23.2 Å². The first-order valence-corrected chi connectivity index (χ1v) is 7.33. The highest BCUT2D eigenvalue weighted by molar-refractivity contribution is 5.92. The topological polar surface area (TPSA) is 75.4 Å². The van der Waals surface area contributed by atoms with E-state index in [1.807, 2.05) is 36.6 Å². The molecule has 2 aliphatic carbocycles. The van der Waals surface area contributed by atoms with Gasteiger partial charge in [-0.3, -0.25) is 9.59 Å². The first kappa shape index (κ1) is 14.1. The zero-order valence-corrected chi connectivity index (χ0v) is 12.6. The van der Waals surface area contributed by atoms with E-state index in [1.54, 1.807) is 6.20 Å². The number of carboxylic acid groups (broad SMARTS) is 1. The van der Waals surface area contributed by atoms with Crippen molar-refractivity contribution >= 4 is 11.9 Å². The summed E-state index contributed by atoms with van der Waals surface area (Å²) in [5.41, 5.74) is -0.447. The standard InChI is InChI=1S/C15H21N3O3/c1-15(2)11(12(15)14(20)21)13(19)18(9-4-5-9)8-10-16-6-7-17(10)3/h6-7,9,11-12H,4-5,8H2,1-3H3,(H,20,21). The van der Waals surface area contributed by atoms with Gasteiger partial charge < -0.3 is 14.6 Å². The fourth-order valence-corrected chi connectivity index (χ4v) is 3.21. The minimum absolute atomic E-state index is 0.0297. The lowest BCUT2D eigenvalue weighted by atomic mass is 10.1. The molecule has 1 aromatic heterocycles. The number of amides is 1. The Morgan fingerprint density at radius 1 is 1.43 bits per heavy atom. The van der Waals surface area contributed by atoms with Crippen LogP contribution in [0, 0.1) is 17.3 Å². The lowest BCUT2D eigenvalue weighted by molar-refractivity contribution is -0.142. The van der Waals surface area contributed by atoms with Crippen LogP contribution in [0.2, 0.25) is 0 Å². The summed E-state index contributed by atoms with van der Waals surface area (Å²) >= 11 is 0. The van der Waals surface area contributed by atoms with Crippen molar-refractivity contribution in [3.8, 4) is 0 Å². The van der Waals surface area contributed by atoms with Crippen molar-refractivity contribution in [2.24, 2.45) is 24.3 Å². The molecule has 0 saturated heterocycles. The van der Waals surface area contributed by atoms with Crippen molar-refractivity contribution < 1.29 is 14.7 Å². The van der Waals surface area contributed by atoms with Gasteiger partial charge in [0.1, 0.15) is 5.82 Å². The maximum Gasteiger partial charge on any atom is 0.307 e. The highest BCUT2D eigenvalue weighted by Gasteiger charge is 2.67. The van der Waals surface area contributed by atoms with Crippen molar-refractivity contribution in [3.05, 3.63) is 18.2 Å². The van der Waals surface area contributed by atoms with Gasteiger partial charge in [-0.1, -0.05) is 13.8 Å². The van der Waals surface area contributed by atoms with E-state index in [1.165, 1.54) is 0 Å². The largest absolute Gasteiger partial charge is 0.481 e. The number of hydrogen-bond acceptors (Lipinski definition) is 3. The molecule has 0 spiro atoms. The third kappa shape index (κ3) is 2.32. The van der Waals surface area contributed by atoms with E-state index in [0.717, 1.165) is 18.7 Å². The van der Waals surface area contributed by atoms with Crippen LogP contribution in [0.4, 0.5) is 0 Å². The van der Waals surface area contributed by atoms with Crippen LogP contribution in [0.25, 0.3) is 0 Å². The summed E-state index contributed by atoms with van der Waals surface area (Å²) in [6.45, 7) is 4.19. The minimum Gasteiger partial charge on any atom is -0.481 e. The summed E-state index contributed by atoms with van der Waals surface area (Å²) in [4.78, 5) is 30.2. The fraction of sp³-hybridized carbons (Fsp3) is 0.667. The van der Waals surface area contributed by atoms with Gasteiger partial charge in [0.25, 0.3) is 0 Å². The third-order valence-corrected chi connectivity index (χ3v) is 4.86. The molecular weight excluding hydrogens is 270 g/mol. The van der Waals surface area contributed by atoms with E-state index in [0.29, 0.717) is 6.54 Å². The molecule has 1 N–H and O–H groups in total.